The fourth-order valence-electron chi connectivity index (χ4n) is 1.46. The third-order valence-electron chi connectivity index (χ3n) is 2.06. The van der Waals surface area contributed by atoms with Gasteiger partial charge in [-0.3, -0.25) is 4.79 Å². The van der Waals surface area contributed by atoms with Crippen molar-refractivity contribution in [2.24, 2.45) is 0 Å². The van der Waals surface area contributed by atoms with Crippen LogP contribution in [-0.2, 0) is 0 Å². The molecule has 3 heteroatoms. The van der Waals surface area contributed by atoms with Gasteiger partial charge in [-0.15, -0.1) is 0 Å². The minimum Gasteiger partial charge on any atom is -0.491 e. The maximum absolute atomic E-state index is 11.5. The van der Waals surface area contributed by atoms with Crippen molar-refractivity contribution < 1.29 is 9.53 Å². The summed E-state index contributed by atoms with van der Waals surface area (Å²) in [5.74, 6) is 0.868. The number of carbonyl (C=O) groups is 1. The molecule has 0 bridgehead atoms. The zero-order chi connectivity index (χ0) is 9.42. The second-order valence-electron chi connectivity index (χ2n) is 3.15. The van der Waals surface area contributed by atoms with Crippen molar-refractivity contribution in [3.8, 4) is 5.75 Å². The molecule has 0 aliphatic carbocycles. The Morgan fingerprint density at radius 1 is 1.46 bits per heavy atom. The topological polar surface area (TPSA) is 26.3 Å². The number of hydrogen-bond acceptors (Lipinski definition) is 2. The van der Waals surface area contributed by atoms with Crippen LogP contribution < -0.4 is 4.74 Å². The highest BCUT2D eigenvalue weighted by atomic mass is 79.9. The molecule has 0 radical (unpaired) electrons. The quantitative estimate of drug-likeness (QED) is 0.698. The number of fused-ring (bicyclic) bond motifs is 1. The molecule has 0 amide bonds. The van der Waals surface area contributed by atoms with E-state index in [0.29, 0.717) is 24.3 Å². The van der Waals surface area contributed by atoms with Gasteiger partial charge in [0.1, 0.15) is 5.75 Å². The van der Waals surface area contributed by atoms with Crippen LogP contribution in [0.5, 0.6) is 5.75 Å². The summed E-state index contributed by atoms with van der Waals surface area (Å²) in [5.41, 5.74) is 1.78. The van der Waals surface area contributed by atoms with Crippen molar-refractivity contribution in [2.75, 3.05) is 6.61 Å². The van der Waals surface area contributed by atoms with E-state index < -0.39 is 0 Å². The van der Waals surface area contributed by atoms with Gasteiger partial charge >= 0.3 is 0 Å². The maximum Gasteiger partial charge on any atom is 0.170 e. The summed E-state index contributed by atoms with van der Waals surface area (Å²) in [5, 5.41) is 0. The minimum absolute atomic E-state index is 0.172. The molecule has 1 aromatic rings. The molecule has 1 aliphatic rings. The van der Waals surface area contributed by atoms with E-state index in [-0.39, 0.29) is 5.78 Å². The third-order valence-corrected chi connectivity index (χ3v) is 2.65. The van der Waals surface area contributed by atoms with Crippen LogP contribution in [0.25, 0.3) is 0 Å². The molecular weight excluding hydrogens is 232 g/mol. The van der Waals surface area contributed by atoms with Crippen molar-refractivity contribution in [3.05, 3.63) is 27.7 Å². The van der Waals surface area contributed by atoms with E-state index in [2.05, 4.69) is 15.9 Å². The lowest BCUT2D eigenvalue weighted by atomic mass is 10.0. The smallest absolute Gasteiger partial charge is 0.170 e. The first-order valence-electron chi connectivity index (χ1n) is 4.14. The molecule has 0 aromatic heterocycles. The fourth-order valence-corrected chi connectivity index (χ4v) is 2.15. The second-order valence-corrected chi connectivity index (χ2v) is 4.00. The van der Waals surface area contributed by atoms with Crippen LogP contribution in [0.2, 0.25) is 0 Å². The molecule has 0 N–H and O–H groups in total. The van der Waals surface area contributed by atoms with Crippen molar-refractivity contribution in [3.63, 3.8) is 0 Å². The molecule has 2 nitrogen and oxygen atoms in total. The Hall–Kier alpha value is -0.830. The van der Waals surface area contributed by atoms with E-state index in [1.807, 2.05) is 19.1 Å². The zero-order valence-electron chi connectivity index (χ0n) is 7.26. The van der Waals surface area contributed by atoms with Crippen LogP contribution in [-0.4, -0.2) is 12.4 Å². The SMILES string of the molecule is Cc1cc(Br)c2c(c1)C(=O)CCO2. The van der Waals surface area contributed by atoms with Crippen LogP contribution in [0.1, 0.15) is 22.3 Å². The zero-order valence-corrected chi connectivity index (χ0v) is 8.85. The number of rotatable bonds is 0. The Labute approximate surface area is 85.0 Å². The summed E-state index contributed by atoms with van der Waals surface area (Å²) in [6, 6.07) is 3.83. The molecule has 0 saturated carbocycles. The van der Waals surface area contributed by atoms with E-state index >= 15 is 0 Å². The Morgan fingerprint density at radius 2 is 2.23 bits per heavy atom. The normalized spacial score (nSPS) is 15.1. The number of halogens is 1. The summed E-state index contributed by atoms with van der Waals surface area (Å²) in [6.07, 6.45) is 0.489. The van der Waals surface area contributed by atoms with Crippen LogP contribution in [0.3, 0.4) is 0 Å². The molecule has 0 fully saturated rings. The molecule has 1 aromatic carbocycles. The molecule has 68 valence electrons. The highest BCUT2D eigenvalue weighted by molar-refractivity contribution is 9.10. The average Bonchev–Trinajstić information content (AvgIpc) is 2.07. The van der Waals surface area contributed by atoms with E-state index in [1.54, 1.807) is 0 Å². The molecule has 0 atom stereocenters. The van der Waals surface area contributed by atoms with Gasteiger partial charge in [0.05, 0.1) is 16.6 Å². The largest absolute Gasteiger partial charge is 0.491 e. The third kappa shape index (κ3) is 1.48. The van der Waals surface area contributed by atoms with Crippen LogP contribution in [0.15, 0.2) is 16.6 Å². The number of Topliss-reactive ketones (excluding diaryl/α,β-unsaturated/α-hetero) is 1. The summed E-state index contributed by atoms with van der Waals surface area (Å²) in [6.45, 7) is 2.46. The fraction of sp³-hybridized carbons (Fsp3) is 0.300. The summed E-state index contributed by atoms with van der Waals surface area (Å²) < 4.78 is 6.28. The monoisotopic (exact) mass is 240 g/mol. The molecule has 0 unspecified atom stereocenters. The van der Waals surface area contributed by atoms with E-state index in [0.717, 1.165) is 10.0 Å². The van der Waals surface area contributed by atoms with Crippen molar-refractivity contribution in [1.29, 1.82) is 0 Å². The van der Waals surface area contributed by atoms with Crippen LogP contribution >= 0.6 is 15.9 Å². The Balaban J connectivity index is 2.63. The highest BCUT2D eigenvalue weighted by Gasteiger charge is 2.20. The van der Waals surface area contributed by atoms with Gasteiger partial charge in [0.25, 0.3) is 0 Å². The van der Waals surface area contributed by atoms with Gasteiger partial charge in [0, 0.05) is 6.42 Å². The van der Waals surface area contributed by atoms with E-state index in [1.165, 1.54) is 0 Å². The van der Waals surface area contributed by atoms with Gasteiger partial charge in [-0.25, -0.2) is 0 Å². The maximum atomic E-state index is 11.5. The molecule has 13 heavy (non-hydrogen) atoms. The molecule has 1 heterocycles. The standard InChI is InChI=1S/C10H9BrO2/c1-6-4-7-9(12)2-3-13-10(7)8(11)5-6/h4-5H,2-3H2,1H3. The Bertz CT molecular complexity index is 371. The Kier molecular flexibility index (Phi) is 2.12. The number of aryl methyl sites for hydroxylation is 1. The minimum atomic E-state index is 0.172. The lowest BCUT2D eigenvalue weighted by Gasteiger charge is -2.17. The van der Waals surface area contributed by atoms with E-state index in [9.17, 15) is 4.79 Å². The summed E-state index contributed by atoms with van der Waals surface area (Å²) in [4.78, 5) is 11.5. The van der Waals surface area contributed by atoms with Gasteiger partial charge in [0.15, 0.2) is 5.78 Å². The van der Waals surface area contributed by atoms with Gasteiger partial charge < -0.3 is 4.74 Å². The number of carbonyl (C=O) groups excluding carboxylic acids is 1. The summed E-state index contributed by atoms with van der Waals surface area (Å²) >= 11 is 3.38. The molecule has 2 rings (SSSR count). The van der Waals surface area contributed by atoms with Gasteiger partial charge in [0.2, 0.25) is 0 Å². The lowest BCUT2D eigenvalue weighted by molar-refractivity contribution is 0.0933. The van der Waals surface area contributed by atoms with Crippen molar-refractivity contribution >= 4 is 21.7 Å². The van der Waals surface area contributed by atoms with Crippen molar-refractivity contribution in [2.45, 2.75) is 13.3 Å². The first-order chi connectivity index (χ1) is 6.18. The number of hydrogen-bond donors (Lipinski definition) is 0. The predicted octanol–water partition coefficient (Wildman–Crippen LogP) is 2.72. The van der Waals surface area contributed by atoms with Gasteiger partial charge in [-0.05, 0) is 40.5 Å². The summed E-state index contributed by atoms with van der Waals surface area (Å²) in [7, 11) is 0. The molecular formula is C10H9BrO2. The number of benzene rings is 1. The molecule has 1 aliphatic heterocycles. The van der Waals surface area contributed by atoms with Gasteiger partial charge in [-0.1, -0.05) is 0 Å². The Morgan fingerprint density at radius 3 is 3.00 bits per heavy atom. The molecule has 0 saturated heterocycles. The predicted molar refractivity (Wildman–Crippen MR) is 53.3 cm³/mol. The average molecular weight is 241 g/mol. The van der Waals surface area contributed by atoms with Gasteiger partial charge in [-0.2, -0.15) is 0 Å². The lowest BCUT2D eigenvalue weighted by Crippen LogP contribution is -2.15. The number of ketones is 1. The van der Waals surface area contributed by atoms with E-state index in [4.69, 9.17) is 4.74 Å². The van der Waals surface area contributed by atoms with Crippen LogP contribution in [0, 0.1) is 6.92 Å². The van der Waals surface area contributed by atoms with Crippen LogP contribution in [0.4, 0.5) is 0 Å². The number of ether oxygens (including phenoxy) is 1. The molecule has 0 spiro atoms. The highest BCUT2D eigenvalue weighted by Crippen LogP contribution is 2.33. The van der Waals surface area contributed by atoms with Crippen molar-refractivity contribution in [1.82, 2.24) is 0 Å². The first kappa shape index (κ1) is 8.75. The first-order valence-corrected chi connectivity index (χ1v) is 4.94. The second kappa shape index (κ2) is 3.14.